The number of aromatic amines is 1. The van der Waals surface area contributed by atoms with E-state index in [2.05, 4.69) is 63.3 Å². The lowest BCUT2D eigenvalue weighted by molar-refractivity contribution is 0.331. The number of H-pyrrole nitrogens is 1. The van der Waals surface area contributed by atoms with Gasteiger partial charge >= 0.3 is 0 Å². The van der Waals surface area contributed by atoms with Crippen molar-refractivity contribution in [1.29, 1.82) is 0 Å². The molecule has 0 radical (unpaired) electrons. The zero-order valence-corrected chi connectivity index (χ0v) is 22.9. The first-order valence-electron chi connectivity index (χ1n) is 13.9. The molecule has 0 saturated carbocycles. The highest BCUT2D eigenvalue weighted by Crippen LogP contribution is 2.34. The summed E-state index contributed by atoms with van der Waals surface area (Å²) in [6.45, 7) is 7.43. The summed E-state index contributed by atoms with van der Waals surface area (Å²) in [5.74, 6) is 0.695. The van der Waals surface area contributed by atoms with Gasteiger partial charge in [-0.05, 0) is 69.1 Å². The van der Waals surface area contributed by atoms with Crippen molar-refractivity contribution in [2.24, 2.45) is 4.99 Å². The molecule has 0 amide bonds. The number of nitrogens with zero attached hydrogens (tertiary/aromatic N) is 4. The highest BCUT2D eigenvalue weighted by atomic mass is 16.3. The lowest BCUT2D eigenvalue weighted by Gasteiger charge is -2.14. The van der Waals surface area contributed by atoms with Crippen molar-refractivity contribution in [3.05, 3.63) is 102 Å². The molecule has 5 aromatic rings. The molecule has 0 spiro atoms. The molecule has 3 N–H and O–H groups in total. The number of nitrogens with one attached hydrogen (secondary N) is 2. The van der Waals surface area contributed by atoms with Gasteiger partial charge in [0.2, 0.25) is 5.95 Å². The van der Waals surface area contributed by atoms with E-state index in [9.17, 15) is 5.11 Å². The van der Waals surface area contributed by atoms with Gasteiger partial charge in [0.25, 0.3) is 0 Å². The van der Waals surface area contributed by atoms with Gasteiger partial charge in [-0.3, -0.25) is 4.90 Å². The molecule has 0 aliphatic carbocycles. The van der Waals surface area contributed by atoms with Gasteiger partial charge in [0.05, 0.1) is 17.0 Å². The van der Waals surface area contributed by atoms with Crippen LogP contribution in [-0.4, -0.2) is 49.8 Å². The second-order valence-corrected chi connectivity index (χ2v) is 10.7. The van der Waals surface area contributed by atoms with E-state index in [4.69, 9.17) is 4.99 Å². The van der Waals surface area contributed by atoms with Gasteiger partial charge in [0.1, 0.15) is 0 Å². The van der Waals surface area contributed by atoms with Crippen molar-refractivity contribution in [2.45, 2.75) is 39.3 Å². The van der Waals surface area contributed by atoms with E-state index in [1.807, 2.05) is 60.9 Å². The van der Waals surface area contributed by atoms with Crippen LogP contribution in [0.3, 0.4) is 0 Å². The summed E-state index contributed by atoms with van der Waals surface area (Å²) >= 11 is 0. The summed E-state index contributed by atoms with van der Waals surface area (Å²) < 4.78 is 0. The monoisotopic (exact) mass is 530 g/mol. The largest absolute Gasteiger partial charge is 0.494 e. The second-order valence-electron chi connectivity index (χ2n) is 10.7. The van der Waals surface area contributed by atoms with Gasteiger partial charge in [-0.15, -0.1) is 0 Å². The van der Waals surface area contributed by atoms with Crippen LogP contribution in [0.15, 0.2) is 90.2 Å². The van der Waals surface area contributed by atoms with Crippen LogP contribution in [0.25, 0.3) is 22.0 Å². The molecule has 1 saturated heterocycles. The van der Waals surface area contributed by atoms with Crippen LogP contribution in [0, 0.1) is 0 Å². The van der Waals surface area contributed by atoms with Crippen LogP contribution in [0.2, 0.25) is 0 Å². The zero-order chi connectivity index (χ0) is 27.5. The Morgan fingerprint density at radius 3 is 2.38 bits per heavy atom. The molecule has 1 aliphatic heterocycles. The molecule has 0 bridgehead atoms. The van der Waals surface area contributed by atoms with Gasteiger partial charge in [-0.25, -0.2) is 15.0 Å². The Morgan fingerprint density at radius 2 is 1.68 bits per heavy atom. The van der Waals surface area contributed by atoms with Gasteiger partial charge in [0.15, 0.2) is 5.88 Å². The molecule has 0 atom stereocenters. The number of anilines is 1. The van der Waals surface area contributed by atoms with Crippen molar-refractivity contribution in [2.75, 3.05) is 18.4 Å². The number of aliphatic imine (C=N–C) groups is 1. The zero-order valence-electron chi connectivity index (χ0n) is 22.9. The number of hydrogen-bond donors (Lipinski definition) is 3. The number of aromatic nitrogens is 3. The fourth-order valence-corrected chi connectivity index (χ4v) is 5.28. The number of hydrogen-bond acceptors (Lipinski definition) is 6. The Hall–Kier alpha value is -4.49. The smallest absolute Gasteiger partial charge is 0.222 e. The summed E-state index contributed by atoms with van der Waals surface area (Å²) in [6.07, 6.45) is 6.20. The Kier molecular flexibility index (Phi) is 7.29. The van der Waals surface area contributed by atoms with Crippen LogP contribution in [0.1, 0.15) is 43.4 Å². The number of rotatable bonds is 8. The van der Waals surface area contributed by atoms with Crippen LogP contribution in [0.4, 0.5) is 11.6 Å². The summed E-state index contributed by atoms with van der Waals surface area (Å²) in [7, 11) is 0. The molecule has 1 fully saturated rings. The standard InChI is InChI=1S/C33H34N6O/c1-22(2)36-33-34-19-26(20-35-33)25-12-15-28-29(18-25)38-32(40)30(28)31(24-8-4-3-5-9-24)37-27-13-10-23(11-14-27)21-39-16-6-7-17-39/h3-5,8-15,18-20,22,38,40H,6-7,16-17,21H2,1-2H3,(H,34,35,36). The summed E-state index contributed by atoms with van der Waals surface area (Å²) in [6, 6.07) is 24.8. The molecule has 6 rings (SSSR count). The topological polar surface area (TPSA) is 89.4 Å². The Labute approximate surface area is 234 Å². The molecule has 7 heteroatoms. The highest BCUT2D eigenvalue weighted by molar-refractivity contribution is 6.22. The minimum atomic E-state index is 0.0909. The minimum Gasteiger partial charge on any atom is -0.494 e. The summed E-state index contributed by atoms with van der Waals surface area (Å²) in [4.78, 5) is 19.6. The van der Waals surface area contributed by atoms with E-state index in [-0.39, 0.29) is 11.9 Å². The van der Waals surface area contributed by atoms with Crippen LogP contribution >= 0.6 is 0 Å². The Balaban J connectivity index is 1.35. The first-order chi connectivity index (χ1) is 19.5. The van der Waals surface area contributed by atoms with Gasteiger partial charge in [-0.2, -0.15) is 0 Å². The van der Waals surface area contributed by atoms with E-state index < -0.39 is 0 Å². The number of aromatic hydroxyl groups is 1. The Morgan fingerprint density at radius 1 is 0.950 bits per heavy atom. The second kappa shape index (κ2) is 11.3. The van der Waals surface area contributed by atoms with E-state index >= 15 is 0 Å². The molecular weight excluding hydrogens is 496 g/mol. The molecule has 1 aliphatic rings. The average molecular weight is 531 g/mol. The fourth-order valence-electron chi connectivity index (χ4n) is 5.28. The molecule has 3 heterocycles. The van der Waals surface area contributed by atoms with Crippen LogP contribution < -0.4 is 5.32 Å². The summed E-state index contributed by atoms with van der Waals surface area (Å²) in [5.41, 5.74) is 7.16. The van der Waals surface area contributed by atoms with Gasteiger partial charge < -0.3 is 15.4 Å². The molecule has 40 heavy (non-hydrogen) atoms. The molecule has 3 aromatic carbocycles. The third-order valence-corrected chi connectivity index (χ3v) is 7.25. The number of likely N-dealkylation sites (tertiary alicyclic amines) is 1. The van der Waals surface area contributed by atoms with Crippen molar-refractivity contribution < 1.29 is 5.11 Å². The normalized spacial score (nSPS) is 14.3. The average Bonchev–Trinajstić information content (AvgIpc) is 3.59. The lowest BCUT2D eigenvalue weighted by atomic mass is 9.99. The lowest BCUT2D eigenvalue weighted by Crippen LogP contribution is -2.18. The molecule has 7 nitrogen and oxygen atoms in total. The molecular formula is C33H34N6O. The molecule has 202 valence electrons. The number of fused-ring (bicyclic) bond motifs is 1. The minimum absolute atomic E-state index is 0.0909. The maximum absolute atomic E-state index is 11.2. The van der Waals surface area contributed by atoms with E-state index in [0.29, 0.717) is 11.5 Å². The van der Waals surface area contributed by atoms with E-state index in [1.54, 1.807) is 0 Å². The maximum Gasteiger partial charge on any atom is 0.222 e. The van der Waals surface area contributed by atoms with Crippen LogP contribution in [-0.2, 0) is 6.54 Å². The quantitative estimate of drug-likeness (QED) is 0.190. The van der Waals surface area contributed by atoms with E-state index in [1.165, 1.54) is 31.5 Å². The summed E-state index contributed by atoms with van der Waals surface area (Å²) in [5, 5.41) is 15.3. The van der Waals surface area contributed by atoms with Crippen molar-refractivity contribution in [1.82, 2.24) is 19.9 Å². The third kappa shape index (κ3) is 5.60. The van der Waals surface area contributed by atoms with Crippen LogP contribution in [0.5, 0.6) is 5.88 Å². The van der Waals surface area contributed by atoms with Gasteiger partial charge in [0, 0.05) is 47.0 Å². The van der Waals surface area contributed by atoms with Gasteiger partial charge in [-0.1, -0.05) is 54.6 Å². The SMILES string of the molecule is CC(C)Nc1ncc(-c2ccc3c(C(=Nc4ccc(CN5CCCC5)cc4)c4ccccc4)c(O)[nH]c3c2)cn1. The highest BCUT2D eigenvalue weighted by Gasteiger charge is 2.19. The molecule has 0 unspecified atom stereocenters. The first-order valence-corrected chi connectivity index (χ1v) is 13.9. The molecule has 2 aromatic heterocycles. The Bertz CT molecular complexity index is 1620. The third-order valence-electron chi connectivity index (χ3n) is 7.25. The van der Waals surface area contributed by atoms with Crippen molar-refractivity contribution in [3.8, 4) is 17.0 Å². The van der Waals surface area contributed by atoms with Crippen molar-refractivity contribution >= 4 is 28.3 Å². The van der Waals surface area contributed by atoms with Crippen molar-refractivity contribution in [3.63, 3.8) is 0 Å². The predicted octanol–water partition coefficient (Wildman–Crippen LogP) is 6.92. The maximum atomic E-state index is 11.2. The predicted molar refractivity (Wildman–Crippen MR) is 162 cm³/mol. The van der Waals surface area contributed by atoms with E-state index in [0.717, 1.165) is 45.5 Å². The first kappa shape index (κ1) is 25.8. The fraction of sp³-hybridized carbons (Fsp3) is 0.242. The number of benzene rings is 3.